The summed E-state index contributed by atoms with van der Waals surface area (Å²) >= 11 is 0. The molecule has 2 rings (SSSR count). The van der Waals surface area contributed by atoms with Crippen LogP contribution in [0.25, 0.3) is 0 Å². The second-order valence-electron chi connectivity index (χ2n) is 5.26. The molecule has 7 heteroatoms. The summed E-state index contributed by atoms with van der Waals surface area (Å²) in [6.07, 6.45) is 0. The summed E-state index contributed by atoms with van der Waals surface area (Å²) in [6, 6.07) is 13.5. The van der Waals surface area contributed by atoms with E-state index in [4.69, 9.17) is 9.47 Å². The van der Waals surface area contributed by atoms with Gasteiger partial charge < -0.3 is 14.4 Å². The molecular weight excluding hydrogens is 324 g/mol. The lowest BCUT2D eigenvalue weighted by Gasteiger charge is -2.18. The van der Waals surface area contributed by atoms with Gasteiger partial charge in [0.25, 0.3) is 5.91 Å². The maximum absolute atomic E-state index is 12.4. The topological polar surface area (TPSA) is 81.9 Å². The Labute approximate surface area is 145 Å². The Morgan fingerprint density at radius 2 is 1.88 bits per heavy atom. The molecule has 0 bridgehead atoms. The second kappa shape index (κ2) is 8.68. The predicted octanol–water partition coefficient (Wildman–Crippen LogP) is 3.14. The van der Waals surface area contributed by atoms with Crippen molar-refractivity contribution in [2.24, 2.45) is 0 Å². The normalized spacial score (nSPS) is 10.2. The molecule has 1 amide bonds. The van der Waals surface area contributed by atoms with Gasteiger partial charge in [-0.3, -0.25) is 14.9 Å². The number of para-hydroxylation sites is 1. The minimum atomic E-state index is -0.555. The van der Waals surface area contributed by atoms with E-state index >= 15 is 0 Å². The van der Waals surface area contributed by atoms with Crippen molar-refractivity contribution in [3.8, 4) is 11.5 Å². The molecule has 2 aromatic rings. The van der Waals surface area contributed by atoms with E-state index < -0.39 is 4.92 Å². The quantitative estimate of drug-likeness (QED) is 0.543. The lowest BCUT2D eigenvalue weighted by molar-refractivity contribution is -0.385. The predicted molar refractivity (Wildman–Crippen MR) is 93.2 cm³/mol. The molecule has 0 heterocycles. The van der Waals surface area contributed by atoms with Crippen LogP contribution < -0.4 is 9.47 Å². The number of carbonyl (C=O) groups excluding carboxylic acids is 1. The first-order chi connectivity index (χ1) is 12.0. The number of benzene rings is 2. The monoisotopic (exact) mass is 344 g/mol. The van der Waals surface area contributed by atoms with Gasteiger partial charge in [0, 0.05) is 18.7 Å². The van der Waals surface area contributed by atoms with Gasteiger partial charge in [0.15, 0.2) is 5.75 Å². The van der Waals surface area contributed by atoms with E-state index in [1.807, 2.05) is 30.3 Å². The number of hydrogen-bond donors (Lipinski definition) is 0. The van der Waals surface area contributed by atoms with Crippen LogP contribution in [0.5, 0.6) is 11.5 Å². The molecule has 0 aromatic heterocycles. The number of nitrogens with zero attached hydrogens (tertiary/aromatic N) is 2. The van der Waals surface area contributed by atoms with E-state index in [1.54, 1.807) is 14.0 Å². The molecule has 0 aliphatic heterocycles. The second-order valence-corrected chi connectivity index (χ2v) is 5.26. The maximum atomic E-state index is 12.4. The number of nitro benzene ring substituents is 1. The zero-order chi connectivity index (χ0) is 18.2. The number of amides is 1. The van der Waals surface area contributed by atoms with Gasteiger partial charge in [-0.25, -0.2) is 0 Å². The van der Waals surface area contributed by atoms with E-state index in [-0.39, 0.29) is 22.9 Å². The Morgan fingerprint density at radius 3 is 2.52 bits per heavy atom. The van der Waals surface area contributed by atoms with Crippen LogP contribution in [0, 0.1) is 10.1 Å². The van der Waals surface area contributed by atoms with E-state index in [0.29, 0.717) is 19.8 Å². The number of rotatable bonds is 8. The van der Waals surface area contributed by atoms with Crippen molar-refractivity contribution in [1.82, 2.24) is 4.90 Å². The fraction of sp³-hybridized carbons (Fsp3) is 0.278. The van der Waals surface area contributed by atoms with E-state index in [2.05, 4.69) is 0 Å². The number of hydrogen-bond acceptors (Lipinski definition) is 5. The van der Waals surface area contributed by atoms with Gasteiger partial charge in [0.2, 0.25) is 0 Å². The zero-order valence-electron chi connectivity index (χ0n) is 14.2. The highest BCUT2D eigenvalue weighted by Crippen LogP contribution is 2.28. The molecule has 0 unspecified atom stereocenters. The third-order valence-electron chi connectivity index (χ3n) is 3.49. The van der Waals surface area contributed by atoms with E-state index in [0.717, 1.165) is 5.75 Å². The van der Waals surface area contributed by atoms with Crippen LogP contribution in [0.2, 0.25) is 0 Å². The molecule has 25 heavy (non-hydrogen) atoms. The first-order valence-corrected chi connectivity index (χ1v) is 7.87. The molecule has 0 spiro atoms. The van der Waals surface area contributed by atoms with Crippen molar-refractivity contribution in [3.63, 3.8) is 0 Å². The minimum absolute atomic E-state index is 0.152. The van der Waals surface area contributed by atoms with Gasteiger partial charge in [-0.05, 0) is 31.2 Å². The molecule has 7 nitrogen and oxygen atoms in total. The molecule has 0 aliphatic carbocycles. The van der Waals surface area contributed by atoms with Crippen LogP contribution >= 0.6 is 0 Å². The largest absolute Gasteiger partial charge is 0.492 e. The number of nitro groups is 1. The first-order valence-electron chi connectivity index (χ1n) is 7.87. The summed E-state index contributed by atoms with van der Waals surface area (Å²) in [5.74, 6) is 0.557. The van der Waals surface area contributed by atoms with Crippen LogP contribution in [-0.2, 0) is 0 Å². The zero-order valence-corrected chi connectivity index (χ0v) is 14.2. The summed E-state index contributed by atoms with van der Waals surface area (Å²) in [5.41, 5.74) is 0.0130. The van der Waals surface area contributed by atoms with Gasteiger partial charge in [-0.2, -0.15) is 0 Å². The van der Waals surface area contributed by atoms with Gasteiger partial charge >= 0.3 is 5.69 Å². The summed E-state index contributed by atoms with van der Waals surface area (Å²) in [5, 5.41) is 11.2. The summed E-state index contributed by atoms with van der Waals surface area (Å²) in [4.78, 5) is 24.5. The molecule has 0 N–H and O–H groups in total. The first kappa shape index (κ1) is 18.3. The molecule has 0 aliphatic rings. The smallest absolute Gasteiger partial charge is 0.311 e. The van der Waals surface area contributed by atoms with Crippen LogP contribution in [0.4, 0.5) is 5.69 Å². The minimum Gasteiger partial charge on any atom is -0.492 e. The fourth-order valence-electron chi connectivity index (χ4n) is 2.21. The molecular formula is C18H20N2O5. The van der Waals surface area contributed by atoms with E-state index in [9.17, 15) is 14.9 Å². The molecule has 0 atom stereocenters. The summed E-state index contributed by atoms with van der Waals surface area (Å²) in [7, 11) is 1.62. The standard InChI is InChI=1S/C18H20N2O5/c1-3-24-17-10-9-14(13-16(17)20(22)23)18(21)19(2)11-12-25-15-7-5-4-6-8-15/h4-10,13H,3,11-12H2,1-2H3. The van der Waals surface area contributed by atoms with Gasteiger partial charge in [0.1, 0.15) is 12.4 Å². The molecule has 0 saturated heterocycles. The summed E-state index contributed by atoms with van der Waals surface area (Å²) in [6.45, 7) is 2.73. The Kier molecular flexibility index (Phi) is 6.33. The molecule has 0 radical (unpaired) electrons. The van der Waals surface area contributed by atoms with Crippen molar-refractivity contribution >= 4 is 11.6 Å². The number of likely N-dealkylation sites (N-methyl/N-ethyl adjacent to an activating group) is 1. The lowest BCUT2D eigenvalue weighted by Crippen LogP contribution is -2.30. The van der Waals surface area contributed by atoms with Crippen molar-refractivity contribution in [2.75, 3.05) is 26.8 Å². The Bertz CT molecular complexity index is 734. The third-order valence-corrected chi connectivity index (χ3v) is 3.49. The highest BCUT2D eigenvalue weighted by atomic mass is 16.6. The third kappa shape index (κ3) is 4.94. The number of carbonyl (C=O) groups is 1. The van der Waals surface area contributed by atoms with Crippen LogP contribution in [0.15, 0.2) is 48.5 Å². The Morgan fingerprint density at radius 1 is 1.16 bits per heavy atom. The lowest BCUT2D eigenvalue weighted by atomic mass is 10.1. The number of ether oxygens (including phenoxy) is 2. The van der Waals surface area contributed by atoms with Gasteiger partial charge in [-0.15, -0.1) is 0 Å². The Hall–Kier alpha value is -3.09. The average Bonchev–Trinajstić information content (AvgIpc) is 2.62. The molecule has 0 saturated carbocycles. The fourth-order valence-corrected chi connectivity index (χ4v) is 2.21. The average molecular weight is 344 g/mol. The maximum Gasteiger partial charge on any atom is 0.311 e. The molecule has 2 aromatic carbocycles. The molecule has 132 valence electrons. The van der Waals surface area contributed by atoms with Crippen LogP contribution in [0.3, 0.4) is 0 Å². The SMILES string of the molecule is CCOc1ccc(C(=O)N(C)CCOc2ccccc2)cc1[N+](=O)[O-]. The van der Waals surface area contributed by atoms with Gasteiger partial charge in [0.05, 0.1) is 18.1 Å². The highest BCUT2D eigenvalue weighted by Gasteiger charge is 2.20. The van der Waals surface area contributed by atoms with Crippen molar-refractivity contribution < 1.29 is 19.2 Å². The van der Waals surface area contributed by atoms with E-state index in [1.165, 1.54) is 23.1 Å². The Balaban J connectivity index is 2.01. The van der Waals surface area contributed by atoms with Crippen LogP contribution in [-0.4, -0.2) is 42.5 Å². The van der Waals surface area contributed by atoms with Crippen molar-refractivity contribution in [2.45, 2.75) is 6.92 Å². The van der Waals surface area contributed by atoms with Crippen LogP contribution in [0.1, 0.15) is 17.3 Å². The highest BCUT2D eigenvalue weighted by molar-refractivity contribution is 5.95. The van der Waals surface area contributed by atoms with Crippen molar-refractivity contribution in [3.05, 3.63) is 64.2 Å². The molecule has 0 fully saturated rings. The van der Waals surface area contributed by atoms with Gasteiger partial charge in [-0.1, -0.05) is 18.2 Å². The summed E-state index contributed by atoms with van der Waals surface area (Å²) < 4.78 is 10.8. The van der Waals surface area contributed by atoms with Crippen molar-refractivity contribution in [1.29, 1.82) is 0 Å².